The molecule has 0 atom stereocenters. The number of thiophene rings is 1. The Kier molecular flexibility index (Phi) is 4.38. The maximum atomic E-state index is 5.40. The Morgan fingerprint density at radius 1 is 1.04 bits per heavy atom. The van der Waals surface area contributed by atoms with Crippen molar-refractivity contribution in [3.8, 4) is 28.5 Å². The van der Waals surface area contributed by atoms with Crippen LogP contribution in [0.15, 0.2) is 29.8 Å². The van der Waals surface area contributed by atoms with E-state index in [2.05, 4.69) is 21.7 Å². The summed E-state index contributed by atoms with van der Waals surface area (Å²) < 4.78 is 16.2. The molecule has 0 saturated carbocycles. The van der Waals surface area contributed by atoms with Gasteiger partial charge in [-0.15, -0.1) is 11.3 Å². The van der Waals surface area contributed by atoms with Crippen LogP contribution in [0, 0.1) is 0 Å². The molecule has 0 radical (unpaired) electrons. The van der Waals surface area contributed by atoms with E-state index in [4.69, 9.17) is 19.2 Å². The lowest BCUT2D eigenvalue weighted by molar-refractivity contribution is 0.324. The fraction of sp³-hybridized carbons (Fsp3) is 0.263. The minimum atomic E-state index is 0.539. The van der Waals surface area contributed by atoms with Gasteiger partial charge in [0.15, 0.2) is 11.5 Å². The number of methoxy groups -OCH3 is 3. The molecular formula is C19H19N3O3S. The van der Waals surface area contributed by atoms with Gasteiger partial charge in [0.1, 0.15) is 0 Å². The molecule has 0 spiro atoms. The van der Waals surface area contributed by atoms with Gasteiger partial charge in [0.05, 0.1) is 27.0 Å². The lowest BCUT2D eigenvalue weighted by Crippen LogP contribution is -2.07. The molecule has 1 N–H and O–H groups in total. The van der Waals surface area contributed by atoms with Crippen LogP contribution in [0.1, 0.15) is 10.4 Å². The molecule has 1 aromatic carbocycles. The molecule has 1 aliphatic carbocycles. The first kappa shape index (κ1) is 16.7. The maximum absolute atomic E-state index is 5.40. The van der Waals surface area contributed by atoms with Crippen LogP contribution in [0.2, 0.25) is 0 Å². The molecule has 0 saturated heterocycles. The molecule has 2 aromatic heterocycles. The average Bonchev–Trinajstić information content (AvgIpc) is 3.16. The number of anilines is 2. The Balaban J connectivity index is 1.70. The molecule has 26 heavy (non-hydrogen) atoms. The highest BCUT2D eigenvalue weighted by Gasteiger charge is 2.20. The van der Waals surface area contributed by atoms with Gasteiger partial charge in [-0.05, 0) is 29.9 Å². The number of rotatable bonds is 5. The zero-order valence-corrected chi connectivity index (χ0v) is 15.6. The third-order valence-corrected chi connectivity index (χ3v) is 5.39. The molecule has 0 bridgehead atoms. The number of aromatic nitrogens is 2. The predicted molar refractivity (Wildman–Crippen MR) is 102 cm³/mol. The van der Waals surface area contributed by atoms with Crippen molar-refractivity contribution in [2.24, 2.45) is 0 Å². The van der Waals surface area contributed by atoms with Gasteiger partial charge in [-0.3, -0.25) is 0 Å². The van der Waals surface area contributed by atoms with Gasteiger partial charge in [0.2, 0.25) is 11.7 Å². The smallest absolute Gasteiger partial charge is 0.227 e. The number of nitrogens with one attached hydrogen (secondary N) is 1. The number of ether oxygens (including phenoxy) is 3. The van der Waals surface area contributed by atoms with Crippen LogP contribution in [0.25, 0.3) is 11.3 Å². The van der Waals surface area contributed by atoms with Crippen LogP contribution < -0.4 is 19.5 Å². The predicted octanol–water partition coefficient (Wildman–Crippen LogP) is 4.07. The molecule has 0 aliphatic heterocycles. The van der Waals surface area contributed by atoms with E-state index in [9.17, 15) is 0 Å². The highest BCUT2D eigenvalue weighted by molar-refractivity contribution is 7.10. The summed E-state index contributed by atoms with van der Waals surface area (Å²) in [5, 5.41) is 5.36. The quantitative estimate of drug-likeness (QED) is 0.731. The van der Waals surface area contributed by atoms with Gasteiger partial charge >= 0.3 is 0 Å². The molecule has 4 rings (SSSR count). The van der Waals surface area contributed by atoms with Gasteiger partial charge < -0.3 is 19.5 Å². The van der Waals surface area contributed by atoms with Crippen molar-refractivity contribution in [2.75, 3.05) is 26.6 Å². The van der Waals surface area contributed by atoms with E-state index in [1.807, 2.05) is 18.3 Å². The largest absolute Gasteiger partial charge is 0.493 e. The standard InChI is InChI=1S/C19H19N3O3S/c1-23-14-8-12(9-15(24-2)18(14)25-3)21-19-20-10-11-4-5-16-13(6-7-26-16)17(11)22-19/h6-10H,4-5H2,1-3H3,(H,20,21,22). The number of benzene rings is 1. The lowest BCUT2D eigenvalue weighted by Gasteiger charge is -2.17. The molecule has 7 heteroatoms. The fourth-order valence-electron chi connectivity index (χ4n) is 3.16. The highest BCUT2D eigenvalue weighted by atomic mass is 32.1. The Hall–Kier alpha value is -2.80. The first-order chi connectivity index (χ1) is 12.7. The monoisotopic (exact) mass is 369 g/mol. The summed E-state index contributed by atoms with van der Waals surface area (Å²) in [6, 6.07) is 5.80. The Morgan fingerprint density at radius 2 is 1.81 bits per heavy atom. The molecular weight excluding hydrogens is 350 g/mol. The van der Waals surface area contributed by atoms with Crippen LogP contribution in [0.5, 0.6) is 17.2 Å². The van der Waals surface area contributed by atoms with Crippen LogP contribution in [0.3, 0.4) is 0 Å². The zero-order valence-electron chi connectivity index (χ0n) is 14.8. The van der Waals surface area contributed by atoms with Gasteiger partial charge in [0, 0.05) is 34.5 Å². The van der Waals surface area contributed by atoms with Crippen molar-refractivity contribution in [3.63, 3.8) is 0 Å². The van der Waals surface area contributed by atoms with E-state index >= 15 is 0 Å². The summed E-state index contributed by atoms with van der Waals surface area (Å²) in [6.45, 7) is 0. The second kappa shape index (κ2) is 6.84. The molecule has 0 unspecified atom stereocenters. The SMILES string of the molecule is COc1cc(Nc2ncc3c(n2)-c2ccsc2CC3)cc(OC)c1OC. The maximum Gasteiger partial charge on any atom is 0.227 e. The normalized spacial score (nSPS) is 12.1. The van der Waals surface area contributed by atoms with Gasteiger partial charge in [-0.1, -0.05) is 0 Å². The molecule has 0 fully saturated rings. The Labute approximate surface area is 155 Å². The van der Waals surface area contributed by atoms with Gasteiger partial charge in [-0.25, -0.2) is 9.97 Å². The summed E-state index contributed by atoms with van der Waals surface area (Å²) in [6.07, 6.45) is 3.94. The zero-order chi connectivity index (χ0) is 18.1. The lowest BCUT2D eigenvalue weighted by atomic mass is 9.96. The number of hydrogen-bond donors (Lipinski definition) is 1. The van der Waals surface area contributed by atoms with E-state index in [0.29, 0.717) is 23.2 Å². The molecule has 6 nitrogen and oxygen atoms in total. The number of fused-ring (bicyclic) bond motifs is 3. The first-order valence-electron chi connectivity index (χ1n) is 8.23. The van der Waals surface area contributed by atoms with E-state index in [1.165, 1.54) is 16.0 Å². The van der Waals surface area contributed by atoms with E-state index in [-0.39, 0.29) is 0 Å². The van der Waals surface area contributed by atoms with Crippen molar-refractivity contribution in [1.29, 1.82) is 0 Å². The van der Waals surface area contributed by atoms with E-state index < -0.39 is 0 Å². The van der Waals surface area contributed by atoms with Crippen LogP contribution >= 0.6 is 11.3 Å². The summed E-state index contributed by atoms with van der Waals surface area (Å²) in [7, 11) is 4.77. The summed E-state index contributed by atoms with van der Waals surface area (Å²) >= 11 is 1.78. The highest BCUT2D eigenvalue weighted by Crippen LogP contribution is 2.41. The van der Waals surface area contributed by atoms with Crippen molar-refractivity contribution in [3.05, 3.63) is 40.2 Å². The third-order valence-electron chi connectivity index (χ3n) is 4.41. The second-order valence-corrected chi connectivity index (χ2v) is 6.86. The third kappa shape index (κ3) is 2.84. The van der Waals surface area contributed by atoms with Crippen molar-refractivity contribution < 1.29 is 14.2 Å². The van der Waals surface area contributed by atoms with Crippen molar-refractivity contribution in [1.82, 2.24) is 9.97 Å². The topological polar surface area (TPSA) is 65.5 Å². The molecule has 1 aliphatic rings. The summed E-state index contributed by atoms with van der Waals surface area (Å²) in [4.78, 5) is 10.6. The minimum absolute atomic E-state index is 0.539. The molecule has 3 aromatic rings. The van der Waals surface area contributed by atoms with Crippen LogP contribution in [-0.2, 0) is 12.8 Å². The molecule has 0 amide bonds. The van der Waals surface area contributed by atoms with Crippen LogP contribution in [-0.4, -0.2) is 31.3 Å². The fourth-order valence-corrected chi connectivity index (χ4v) is 4.04. The van der Waals surface area contributed by atoms with E-state index in [1.54, 1.807) is 32.7 Å². The Bertz CT molecular complexity index is 930. The second-order valence-electron chi connectivity index (χ2n) is 5.86. The number of hydrogen-bond acceptors (Lipinski definition) is 7. The van der Waals surface area contributed by atoms with Gasteiger partial charge in [-0.2, -0.15) is 0 Å². The average molecular weight is 369 g/mol. The van der Waals surface area contributed by atoms with Gasteiger partial charge in [0.25, 0.3) is 0 Å². The number of aryl methyl sites for hydroxylation is 2. The summed E-state index contributed by atoms with van der Waals surface area (Å²) in [5.41, 5.74) is 4.18. The molecule has 134 valence electrons. The number of nitrogens with zero attached hydrogens (tertiary/aromatic N) is 2. The van der Waals surface area contributed by atoms with Crippen molar-refractivity contribution >= 4 is 23.0 Å². The first-order valence-corrected chi connectivity index (χ1v) is 9.11. The summed E-state index contributed by atoms with van der Waals surface area (Å²) in [5.74, 6) is 2.24. The van der Waals surface area contributed by atoms with E-state index in [0.717, 1.165) is 24.2 Å². The van der Waals surface area contributed by atoms with Crippen molar-refractivity contribution in [2.45, 2.75) is 12.8 Å². The minimum Gasteiger partial charge on any atom is -0.493 e. The van der Waals surface area contributed by atoms with Crippen LogP contribution in [0.4, 0.5) is 11.6 Å². The molecule has 2 heterocycles. The Morgan fingerprint density at radius 3 is 2.50 bits per heavy atom.